The number of anilines is 1. The highest BCUT2D eigenvalue weighted by Gasteiger charge is 2.14. The van der Waals surface area contributed by atoms with Crippen LogP contribution in [0, 0.1) is 6.92 Å². The lowest BCUT2D eigenvalue weighted by Gasteiger charge is -2.11. The molecule has 0 aromatic heterocycles. The van der Waals surface area contributed by atoms with E-state index in [1.54, 1.807) is 30.3 Å². The minimum atomic E-state index is -2.53. The van der Waals surface area contributed by atoms with Gasteiger partial charge in [0.1, 0.15) is 0 Å². The molecular formula is C15H12BrF2NOS. The third kappa shape index (κ3) is 4.28. The quantitative estimate of drug-likeness (QED) is 0.736. The number of amides is 1. The van der Waals surface area contributed by atoms with Crippen LogP contribution in [0.2, 0.25) is 0 Å². The van der Waals surface area contributed by atoms with Gasteiger partial charge in [-0.1, -0.05) is 30.0 Å². The van der Waals surface area contributed by atoms with Crippen molar-refractivity contribution in [3.8, 4) is 0 Å². The van der Waals surface area contributed by atoms with Crippen LogP contribution >= 0.6 is 27.7 Å². The van der Waals surface area contributed by atoms with E-state index in [9.17, 15) is 13.6 Å². The van der Waals surface area contributed by atoms with Gasteiger partial charge in [0.25, 0.3) is 11.7 Å². The SMILES string of the molecule is Cc1ccc(C(=O)Nc2ccccc2SC(F)F)c(Br)c1. The molecule has 2 rings (SSSR count). The maximum Gasteiger partial charge on any atom is 0.288 e. The highest BCUT2D eigenvalue weighted by atomic mass is 79.9. The van der Waals surface area contributed by atoms with E-state index in [0.29, 0.717) is 32.4 Å². The molecule has 2 aromatic rings. The van der Waals surface area contributed by atoms with Crippen LogP contribution < -0.4 is 5.32 Å². The molecule has 0 atom stereocenters. The van der Waals surface area contributed by atoms with Gasteiger partial charge in [-0.2, -0.15) is 8.78 Å². The highest BCUT2D eigenvalue weighted by Crippen LogP contribution is 2.32. The van der Waals surface area contributed by atoms with E-state index < -0.39 is 5.76 Å². The summed E-state index contributed by atoms with van der Waals surface area (Å²) in [5.74, 6) is -2.88. The van der Waals surface area contributed by atoms with Crippen LogP contribution in [0.25, 0.3) is 0 Å². The number of nitrogens with one attached hydrogen (secondary N) is 1. The standard InChI is InChI=1S/C15H12BrF2NOS/c1-9-6-7-10(11(16)8-9)14(20)19-12-4-2-3-5-13(12)21-15(17)18/h2-8,15H,1H3,(H,19,20). The summed E-state index contributed by atoms with van der Waals surface area (Å²) in [7, 11) is 0. The molecule has 0 fully saturated rings. The van der Waals surface area contributed by atoms with Crippen LogP contribution in [0.15, 0.2) is 51.8 Å². The van der Waals surface area contributed by atoms with E-state index in [-0.39, 0.29) is 5.91 Å². The van der Waals surface area contributed by atoms with E-state index >= 15 is 0 Å². The molecule has 0 saturated heterocycles. The van der Waals surface area contributed by atoms with Crippen molar-refractivity contribution < 1.29 is 13.6 Å². The molecule has 1 amide bonds. The normalized spacial score (nSPS) is 10.7. The second-order valence-corrected chi connectivity index (χ2v) is 6.20. The molecule has 0 saturated carbocycles. The molecule has 2 aromatic carbocycles. The van der Waals surface area contributed by atoms with Gasteiger partial charge < -0.3 is 5.32 Å². The predicted octanol–water partition coefficient (Wildman–Crippen LogP) is 5.32. The van der Waals surface area contributed by atoms with Crippen molar-refractivity contribution in [2.75, 3.05) is 5.32 Å². The summed E-state index contributed by atoms with van der Waals surface area (Å²) < 4.78 is 25.7. The Bertz CT molecular complexity index is 664. The molecule has 0 heterocycles. The Morgan fingerprint density at radius 3 is 2.62 bits per heavy atom. The zero-order valence-electron chi connectivity index (χ0n) is 11.1. The van der Waals surface area contributed by atoms with E-state index in [4.69, 9.17) is 0 Å². The third-order valence-electron chi connectivity index (χ3n) is 2.72. The Kier molecular flexibility index (Phi) is 5.36. The maximum atomic E-state index is 12.5. The number of hydrogen-bond donors (Lipinski definition) is 1. The van der Waals surface area contributed by atoms with Crippen molar-refractivity contribution >= 4 is 39.3 Å². The van der Waals surface area contributed by atoms with E-state index in [2.05, 4.69) is 21.2 Å². The third-order valence-corrected chi connectivity index (χ3v) is 4.16. The van der Waals surface area contributed by atoms with Gasteiger partial charge in [0, 0.05) is 9.37 Å². The molecule has 0 unspecified atom stereocenters. The summed E-state index contributed by atoms with van der Waals surface area (Å²) in [6, 6.07) is 11.8. The predicted molar refractivity (Wildman–Crippen MR) is 85.1 cm³/mol. The molecule has 1 N–H and O–H groups in total. The van der Waals surface area contributed by atoms with Crippen molar-refractivity contribution in [1.82, 2.24) is 0 Å². The molecule has 6 heteroatoms. The Morgan fingerprint density at radius 1 is 1.24 bits per heavy atom. The first-order chi connectivity index (χ1) is 9.97. The molecular weight excluding hydrogens is 360 g/mol. The molecule has 0 radical (unpaired) electrons. The molecule has 2 nitrogen and oxygen atoms in total. The van der Waals surface area contributed by atoms with Gasteiger partial charge in [-0.05, 0) is 52.7 Å². The van der Waals surface area contributed by atoms with Gasteiger partial charge in [0.05, 0.1) is 11.3 Å². The largest absolute Gasteiger partial charge is 0.321 e. The number of carbonyl (C=O) groups excluding carboxylic acids is 1. The second kappa shape index (κ2) is 7.04. The van der Waals surface area contributed by atoms with Crippen LogP contribution in [0.3, 0.4) is 0 Å². The second-order valence-electron chi connectivity index (χ2n) is 4.31. The van der Waals surface area contributed by atoms with Crippen molar-refractivity contribution in [3.05, 3.63) is 58.1 Å². The van der Waals surface area contributed by atoms with Crippen molar-refractivity contribution in [3.63, 3.8) is 0 Å². The summed E-state index contributed by atoms with van der Waals surface area (Å²) in [4.78, 5) is 12.6. The van der Waals surface area contributed by atoms with Crippen LogP contribution in [0.5, 0.6) is 0 Å². The molecule has 0 bridgehead atoms. The molecule has 0 aliphatic carbocycles. The van der Waals surface area contributed by atoms with Crippen molar-refractivity contribution in [2.45, 2.75) is 17.6 Å². The Balaban J connectivity index is 2.23. The van der Waals surface area contributed by atoms with Gasteiger partial charge in [-0.15, -0.1) is 0 Å². The number of rotatable bonds is 4. The maximum absolute atomic E-state index is 12.5. The number of carbonyl (C=O) groups is 1. The van der Waals surface area contributed by atoms with Gasteiger partial charge in [-0.3, -0.25) is 4.79 Å². The van der Waals surface area contributed by atoms with Crippen molar-refractivity contribution in [1.29, 1.82) is 0 Å². The van der Waals surface area contributed by atoms with Crippen molar-refractivity contribution in [2.24, 2.45) is 0 Å². The Labute approximate surface area is 134 Å². The summed E-state index contributed by atoms with van der Waals surface area (Å²) in [5, 5.41) is 2.67. The lowest BCUT2D eigenvalue weighted by Crippen LogP contribution is -2.13. The highest BCUT2D eigenvalue weighted by molar-refractivity contribution is 9.10. The summed E-state index contributed by atoms with van der Waals surface area (Å²) >= 11 is 3.74. The minimum absolute atomic E-state index is 0.337. The number of halogens is 3. The Hall–Kier alpha value is -1.40. The fraction of sp³-hybridized carbons (Fsp3) is 0.133. The monoisotopic (exact) mass is 371 g/mol. The summed E-state index contributed by atoms with van der Waals surface area (Å²) in [6.45, 7) is 1.92. The zero-order valence-corrected chi connectivity index (χ0v) is 13.5. The minimum Gasteiger partial charge on any atom is -0.321 e. The number of benzene rings is 2. The average Bonchev–Trinajstić information content (AvgIpc) is 2.40. The van der Waals surface area contributed by atoms with Gasteiger partial charge in [-0.25, -0.2) is 0 Å². The first-order valence-electron chi connectivity index (χ1n) is 6.08. The van der Waals surface area contributed by atoms with Crippen LogP contribution in [-0.2, 0) is 0 Å². The number of aryl methyl sites for hydroxylation is 1. The number of para-hydroxylation sites is 1. The van der Waals surface area contributed by atoms with Crippen LogP contribution in [-0.4, -0.2) is 11.7 Å². The number of hydrogen-bond acceptors (Lipinski definition) is 2. The van der Waals surface area contributed by atoms with Gasteiger partial charge in [0.2, 0.25) is 0 Å². The first kappa shape index (κ1) is 16.0. The topological polar surface area (TPSA) is 29.1 Å². The van der Waals surface area contributed by atoms with E-state index in [1.165, 1.54) is 0 Å². The molecule has 0 aliphatic rings. The molecule has 110 valence electrons. The van der Waals surface area contributed by atoms with Crippen LogP contribution in [0.1, 0.15) is 15.9 Å². The molecule has 0 spiro atoms. The summed E-state index contributed by atoms with van der Waals surface area (Å²) in [6.07, 6.45) is 0. The first-order valence-corrected chi connectivity index (χ1v) is 7.76. The zero-order chi connectivity index (χ0) is 15.4. The molecule has 0 aliphatic heterocycles. The lowest BCUT2D eigenvalue weighted by atomic mass is 10.1. The van der Waals surface area contributed by atoms with E-state index in [0.717, 1.165) is 5.56 Å². The number of thioether (sulfide) groups is 1. The fourth-order valence-electron chi connectivity index (χ4n) is 1.76. The van der Waals surface area contributed by atoms with Gasteiger partial charge >= 0.3 is 0 Å². The van der Waals surface area contributed by atoms with Gasteiger partial charge in [0.15, 0.2) is 0 Å². The molecule has 21 heavy (non-hydrogen) atoms. The van der Waals surface area contributed by atoms with Crippen LogP contribution in [0.4, 0.5) is 14.5 Å². The Morgan fingerprint density at radius 2 is 1.95 bits per heavy atom. The fourth-order valence-corrected chi connectivity index (χ4v) is 3.03. The average molecular weight is 372 g/mol. The smallest absolute Gasteiger partial charge is 0.288 e. The van der Waals surface area contributed by atoms with E-state index in [1.807, 2.05) is 19.1 Å². The number of alkyl halides is 2. The lowest BCUT2D eigenvalue weighted by molar-refractivity contribution is 0.102. The summed E-state index contributed by atoms with van der Waals surface area (Å²) in [5.41, 5.74) is 1.85.